The Labute approximate surface area is 210 Å². The fourth-order valence-electron chi connectivity index (χ4n) is 5.33. The Hall–Kier alpha value is -2.69. The highest BCUT2D eigenvalue weighted by atomic mass is 19.1. The van der Waals surface area contributed by atoms with E-state index in [2.05, 4.69) is 17.6 Å². The number of nitro groups is 1. The Morgan fingerprint density at radius 2 is 1.78 bits per heavy atom. The van der Waals surface area contributed by atoms with Crippen molar-refractivity contribution in [2.75, 3.05) is 35.2 Å². The molecule has 1 saturated carbocycles. The third-order valence-electron chi connectivity index (χ3n) is 7.54. The summed E-state index contributed by atoms with van der Waals surface area (Å²) in [5, 5.41) is 27.5. The summed E-state index contributed by atoms with van der Waals surface area (Å²) in [5.74, 6) is -2.91. The number of aliphatic carboxylic acids is 1. The van der Waals surface area contributed by atoms with Gasteiger partial charge in [-0.25, -0.2) is 13.6 Å². The van der Waals surface area contributed by atoms with Crippen molar-refractivity contribution in [3.63, 3.8) is 0 Å². The monoisotopic (exact) mass is 511 g/mol. The van der Waals surface area contributed by atoms with Crippen molar-refractivity contribution < 1.29 is 23.6 Å². The number of benzene rings is 1. The van der Waals surface area contributed by atoms with E-state index in [-0.39, 0.29) is 23.8 Å². The SMILES string of the molecule is CCC1CCN(c2c(F)c(NC3CCCCC3)c([N+](=O)[O-])c(N[C@@H](CCCCN)C(=O)O)c2F)CC1. The largest absolute Gasteiger partial charge is 0.480 e. The lowest BCUT2D eigenvalue weighted by Crippen LogP contribution is -2.36. The van der Waals surface area contributed by atoms with Crippen LogP contribution in [0.3, 0.4) is 0 Å². The summed E-state index contributed by atoms with van der Waals surface area (Å²) < 4.78 is 32.0. The van der Waals surface area contributed by atoms with E-state index in [1.54, 1.807) is 4.90 Å². The van der Waals surface area contributed by atoms with Crippen molar-refractivity contribution in [1.29, 1.82) is 0 Å². The average Bonchev–Trinajstić information content (AvgIpc) is 2.86. The molecule has 0 spiro atoms. The van der Waals surface area contributed by atoms with Gasteiger partial charge in [-0.15, -0.1) is 0 Å². The molecule has 1 heterocycles. The normalized spacial score (nSPS) is 18.2. The second kappa shape index (κ2) is 13.0. The highest BCUT2D eigenvalue weighted by Gasteiger charge is 2.37. The van der Waals surface area contributed by atoms with Gasteiger partial charge in [0, 0.05) is 19.1 Å². The van der Waals surface area contributed by atoms with Crippen LogP contribution in [0.1, 0.15) is 77.6 Å². The smallest absolute Gasteiger partial charge is 0.326 e. The third kappa shape index (κ3) is 6.54. The minimum Gasteiger partial charge on any atom is -0.480 e. The van der Waals surface area contributed by atoms with Crippen LogP contribution in [0.2, 0.25) is 0 Å². The van der Waals surface area contributed by atoms with Crippen molar-refractivity contribution in [3.8, 4) is 0 Å². The summed E-state index contributed by atoms with van der Waals surface area (Å²) in [7, 11) is 0. The number of unbranched alkanes of at least 4 members (excludes halogenated alkanes) is 1. The molecule has 202 valence electrons. The highest BCUT2D eigenvalue weighted by molar-refractivity contribution is 5.87. The van der Waals surface area contributed by atoms with E-state index in [1.807, 2.05) is 0 Å². The zero-order valence-electron chi connectivity index (χ0n) is 21.0. The highest BCUT2D eigenvalue weighted by Crippen LogP contribution is 2.46. The van der Waals surface area contributed by atoms with E-state index in [0.29, 0.717) is 38.4 Å². The predicted octanol–water partition coefficient (Wildman–Crippen LogP) is 5.24. The van der Waals surface area contributed by atoms with Crippen LogP contribution in [-0.2, 0) is 4.79 Å². The standard InChI is InChI=1S/C25H39F2N5O4/c1-2-16-11-14-31(15-12-16)23-19(26)21(29-17-8-4-3-5-9-17)24(32(35)36)22(20(23)27)30-18(25(33)34)10-6-7-13-28/h16-18,29-30H,2-15,28H2,1H3,(H,33,34)/t18-/m0/s1. The summed E-state index contributed by atoms with van der Waals surface area (Å²) in [6.45, 7) is 3.29. The Morgan fingerprint density at radius 3 is 2.33 bits per heavy atom. The molecule has 2 aliphatic rings. The average molecular weight is 512 g/mol. The first-order chi connectivity index (χ1) is 17.3. The second-order valence-electron chi connectivity index (χ2n) is 9.97. The van der Waals surface area contributed by atoms with E-state index >= 15 is 8.78 Å². The number of nitrogens with one attached hydrogen (secondary N) is 2. The van der Waals surface area contributed by atoms with E-state index in [0.717, 1.165) is 51.4 Å². The molecule has 0 aromatic heterocycles. The molecule has 2 fully saturated rings. The van der Waals surface area contributed by atoms with Gasteiger partial charge in [-0.2, -0.15) is 0 Å². The van der Waals surface area contributed by atoms with Gasteiger partial charge in [0.25, 0.3) is 0 Å². The van der Waals surface area contributed by atoms with E-state index < -0.39 is 39.9 Å². The maximum absolute atomic E-state index is 16.0. The number of halogens is 2. The van der Waals surface area contributed by atoms with Crippen LogP contribution in [0.25, 0.3) is 0 Å². The van der Waals surface area contributed by atoms with Crippen molar-refractivity contribution >= 4 is 28.7 Å². The molecule has 3 rings (SSSR count). The van der Waals surface area contributed by atoms with Crippen LogP contribution < -0.4 is 21.3 Å². The number of anilines is 3. The molecular formula is C25H39F2N5O4. The molecule has 5 N–H and O–H groups in total. The molecule has 0 radical (unpaired) electrons. The number of rotatable bonds is 12. The quantitative estimate of drug-likeness (QED) is 0.170. The number of hydrogen-bond acceptors (Lipinski definition) is 7. The lowest BCUT2D eigenvalue weighted by Gasteiger charge is -2.35. The van der Waals surface area contributed by atoms with Gasteiger partial charge < -0.3 is 26.4 Å². The molecule has 1 aliphatic heterocycles. The van der Waals surface area contributed by atoms with Gasteiger partial charge in [-0.3, -0.25) is 10.1 Å². The van der Waals surface area contributed by atoms with Crippen molar-refractivity contribution in [2.24, 2.45) is 11.7 Å². The summed E-state index contributed by atoms with van der Waals surface area (Å²) in [6, 6.07) is -1.46. The van der Waals surface area contributed by atoms with Crippen molar-refractivity contribution in [1.82, 2.24) is 0 Å². The minimum atomic E-state index is -1.28. The summed E-state index contributed by atoms with van der Waals surface area (Å²) in [5.41, 5.74) is 3.45. The maximum atomic E-state index is 16.0. The van der Waals surface area contributed by atoms with Gasteiger partial charge in [0.1, 0.15) is 11.7 Å². The molecule has 9 nitrogen and oxygen atoms in total. The molecule has 0 unspecified atom stereocenters. The van der Waals surface area contributed by atoms with E-state index in [9.17, 15) is 20.0 Å². The summed E-state index contributed by atoms with van der Waals surface area (Å²) >= 11 is 0. The number of nitrogens with two attached hydrogens (primary N) is 1. The predicted molar refractivity (Wildman–Crippen MR) is 137 cm³/mol. The van der Waals surface area contributed by atoms with Crippen LogP contribution in [0.5, 0.6) is 0 Å². The molecular weight excluding hydrogens is 472 g/mol. The Kier molecular flexibility index (Phi) is 10.1. The number of nitro benzene ring substituents is 1. The lowest BCUT2D eigenvalue weighted by molar-refractivity contribution is -0.383. The fraction of sp³-hybridized carbons (Fsp3) is 0.720. The van der Waals surface area contributed by atoms with E-state index in [4.69, 9.17) is 5.73 Å². The van der Waals surface area contributed by atoms with Gasteiger partial charge in [0.05, 0.1) is 4.92 Å². The molecule has 1 atom stereocenters. The first-order valence-electron chi connectivity index (χ1n) is 13.2. The van der Waals surface area contributed by atoms with Crippen LogP contribution in [0, 0.1) is 27.7 Å². The van der Waals surface area contributed by atoms with Gasteiger partial charge in [-0.1, -0.05) is 32.6 Å². The zero-order valence-corrected chi connectivity index (χ0v) is 21.0. The second-order valence-corrected chi connectivity index (χ2v) is 9.97. The number of carboxylic acids is 1. The minimum absolute atomic E-state index is 0.100. The summed E-state index contributed by atoms with van der Waals surface area (Å²) in [4.78, 5) is 24.9. The van der Waals surface area contributed by atoms with Crippen molar-refractivity contribution in [2.45, 2.75) is 89.6 Å². The van der Waals surface area contributed by atoms with Gasteiger partial charge in [-0.05, 0) is 57.4 Å². The number of carboxylic acid groups (broad SMARTS) is 1. The molecule has 1 aliphatic carbocycles. The third-order valence-corrected chi connectivity index (χ3v) is 7.54. The molecule has 1 aromatic rings. The number of piperidine rings is 1. The van der Waals surface area contributed by atoms with Crippen LogP contribution in [-0.4, -0.2) is 47.7 Å². The first kappa shape index (κ1) is 27.9. The molecule has 1 saturated heterocycles. The van der Waals surface area contributed by atoms with E-state index in [1.165, 1.54) is 0 Å². The van der Waals surface area contributed by atoms with Crippen LogP contribution in [0.15, 0.2) is 0 Å². The molecule has 0 bridgehead atoms. The van der Waals surface area contributed by atoms with Crippen molar-refractivity contribution in [3.05, 3.63) is 21.7 Å². The van der Waals surface area contributed by atoms with Gasteiger partial charge in [0.15, 0.2) is 23.0 Å². The zero-order chi connectivity index (χ0) is 26.2. The van der Waals surface area contributed by atoms with Crippen LogP contribution >= 0.6 is 0 Å². The molecule has 0 amide bonds. The lowest BCUT2D eigenvalue weighted by atomic mass is 9.93. The number of nitrogens with zero attached hydrogens (tertiary/aromatic N) is 2. The Balaban J connectivity index is 2.09. The Bertz CT molecular complexity index is 918. The molecule has 1 aromatic carbocycles. The number of carbonyl (C=O) groups is 1. The molecule has 11 heteroatoms. The van der Waals surface area contributed by atoms with Gasteiger partial charge >= 0.3 is 11.7 Å². The maximum Gasteiger partial charge on any atom is 0.326 e. The van der Waals surface area contributed by atoms with Crippen LogP contribution in [0.4, 0.5) is 31.5 Å². The molecule has 36 heavy (non-hydrogen) atoms. The first-order valence-corrected chi connectivity index (χ1v) is 13.2. The fourth-order valence-corrected chi connectivity index (χ4v) is 5.33. The number of hydrogen-bond donors (Lipinski definition) is 4. The topological polar surface area (TPSA) is 134 Å². The van der Waals surface area contributed by atoms with Gasteiger partial charge in [0.2, 0.25) is 0 Å². The Morgan fingerprint density at radius 1 is 1.14 bits per heavy atom. The summed E-state index contributed by atoms with van der Waals surface area (Å²) in [6.07, 6.45) is 7.93.